The summed E-state index contributed by atoms with van der Waals surface area (Å²) in [5.41, 5.74) is 2.05. The molecule has 2 aliphatic rings. The molecule has 0 bridgehead atoms. The molecule has 1 N–H and O–H groups in total. The van der Waals surface area contributed by atoms with Gasteiger partial charge in [-0.15, -0.1) is 10.2 Å². The van der Waals surface area contributed by atoms with E-state index in [1.165, 1.54) is 0 Å². The van der Waals surface area contributed by atoms with Crippen molar-refractivity contribution in [2.75, 3.05) is 11.9 Å². The maximum Gasteiger partial charge on any atom is 0.309 e. The first-order chi connectivity index (χ1) is 14.6. The van der Waals surface area contributed by atoms with E-state index in [9.17, 15) is 9.59 Å². The number of hydrogen-bond acceptors (Lipinski definition) is 6. The van der Waals surface area contributed by atoms with Crippen LogP contribution in [-0.4, -0.2) is 44.9 Å². The second-order valence-corrected chi connectivity index (χ2v) is 7.80. The van der Waals surface area contributed by atoms with Crippen molar-refractivity contribution in [3.63, 3.8) is 0 Å². The van der Waals surface area contributed by atoms with Crippen molar-refractivity contribution >= 4 is 17.6 Å². The number of hydrogen-bond donors (Lipinski definition) is 1. The minimum Gasteiger partial charge on any atom is -0.417 e. The van der Waals surface area contributed by atoms with Crippen molar-refractivity contribution in [3.05, 3.63) is 59.4 Å². The highest BCUT2D eigenvalue weighted by Gasteiger charge is 2.34. The van der Waals surface area contributed by atoms with Crippen LogP contribution >= 0.6 is 0 Å². The summed E-state index contributed by atoms with van der Waals surface area (Å²) in [5, 5.41) is 15.2. The third-order valence-electron chi connectivity index (χ3n) is 5.54. The molecular formula is C21H22N6O3. The van der Waals surface area contributed by atoms with Crippen LogP contribution in [-0.2, 0) is 17.8 Å². The Labute approximate surface area is 173 Å². The van der Waals surface area contributed by atoms with Gasteiger partial charge < -0.3 is 9.73 Å². The van der Waals surface area contributed by atoms with Crippen molar-refractivity contribution in [1.82, 2.24) is 25.3 Å². The Bertz CT molecular complexity index is 1090. The number of aromatic nitrogens is 4. The molecule has 2 aromatic heterocycles. The smallest absolute Gasteiger partial charge is 0.309 e. The molecule has 1 aliphatic carbocycles. The van der Waals surface area contributed by atoms with Crippen LogP contribution < -0.4 is 10.2 Å². The summed E-state index contributed by atoms with van der Waals surface area (Å²) >= 11 is 0. The molecule has 9 heteroatoms. The minimum absolute atomic E-state index is 0.144. The summed E-state index contributed by atoms with van der Waals surface area (Å²) in [4.78, 5) is 27.1. The third kappa shape index (κ3) is 3.58. The summed E-state index contributed by atoms with van der Waals surface area (Å²) in [7, 11) is 1.71. The highest BCUT2D eigenvalue weighted by Crippen LogP contribution is 2.40. The lowest BCUT2D eigenvalue weighted by Crippen LogP contribution is -2.46. The fourth-order valence-electron chi connectivity index (χ4n) is 3.70. The lowest BCUT2D eigenvalue weighted by Gasteiger charge is -2.19. The van der Waals surface area contributed by atoms with Crippen LogP contribution in [0.5, 0.6) is 0 Å². The summed E-state index contributed by atoms with van der Waals surface area (Å²) < 4.78 is 7.35. The van der Waals surface area contributed by atoms with Crippen molar-refractivity contribution in [2.45, 2.75) is 44.2 Å². The highest BCUT2D eigenvalue weighted by atomic mass is 16.4. The Morgan fingerprint density at radius 3 is 2.77 bits per heavy atom. The first kappa shape index (κ1) is 18.5. The Balaban J connectivity index is 1.26. The predicted molar refractivity (Wildman–Crippen MR) is 107 cm³/mol. The van der Waals surface area contributed by atoms with Gasteiger partial charge in [-0.25, -0.2) is 4.68 Å². The quantitative estimate of drug-likeness (QED) is 0.694. The normalized spacial score (nSPS) is 18.8. The minimum atomic E-state index is -0.682. The lowest BCUT2D eigenvalue weighted by molar-refractivity contribution is -0.120. The maximum atomic E-state index is 12.9. The number of likely N-dealkylation sites (N-methyl/N-ethyl adjacent to an activating group) is 1. The molecule has 9 nitrogen and oxygen atoms in total. The fourth-order valence-corrected chi connectivity index (χ4v) is 3.70. The summed E-state index contributed by atoms with van der Waals surface area (Å²) in [6, 6.07) is 11.0. The summed E-state index contributed by atoms with van der Waals surface area (Å²) in [6.45, 7) is 0.548. The van der Waals surface area contributed by atoms with E-state index in [4.69, 9.17) is 4.42 Å². The molecule has 154 valence electrons. The predicted octanol–water partition coefficient (Wildman–Crippen LogP) is 1.90. The zero-order valence-electron chi connectivity index (χ0n) is 16.6. The molecule has 1 aromatic carbocycles. The second kappa shape index (κ2) is 7.40. The van der Waals surface area contributed by atoms with Crippen LogP contribution in [0.25, 0.3) is 0 Å². The van der Waals surface area contributed by atoms with Gasteiger partial charge in [0.05, 0.1) is 12.1 Å². The average Bonchev–Trinajstić information content (AvgIpc) is 3.37. The summed E-state index contributed by atoms with van der Waals surface area (Å²) in [6.07, 6.45) is 3.20. The zero-order valence-corrected chi connectivity index (χ0v) is 16.6. The van der Waals surface area contributed by atoms with Gasteiger partial charge in [-0.05, 0) is 24.8 Å². The topological polar surface area (TPSA) is 106 Å². The van der Waals surface area contributed by atoms with E-state index >= 15 is 0 Å². The Kier molecular flexibility index (Phi) is 4.57. The van der Waals surface area contributed by atoms with Crippen LogP contribution in [0.15, 0.2) is 40.8 Å². The molecule has 2 amide bonds. The van der Waals surface area contributed by atoms with E-state index in [1.54, 1.807) is 11.9 Å². The molecule has 1 saturated carbocycles. The third-order valence-corrected chi connectivity index (χ3v) is 5.54. The van der Waals surface area contributed by atoms with E-state index in [1.807, 2.05) is 41.1 Å². The molecule has 1 atom stereocenters. The van der Waals surface area contributed by atoms with Crippen LogP contribution in [0.4, 0.5) is 5.82 Å². The van der Waals surface area contributed by atoms with Gasteiger partial charge in [0.1, 0.15) is 11.9 Å². The number of aryl methyl sites for hydroxylation is 1. The van der Waals surface area contributed by atoms with Gasteiger partial charge in [-0.3, -0.25) is 14.5 Å². The van der Waals surface area contributed by atoms with Crippen molar-refractivity contribution in [3.8, 4) is 0 Å². The number of carbonyl (C=O) groups excluding carboxylic acids is 2. The number of amides is 2. The molecule has 3 heterocycles. The van der Waals surface area contributed by atoms with Gasteiger partial charge in [0.2, 0.25) is 5.89 Å². The van der Waals surface area contributed by atoms with Crippen LogP contribution in [0.3, 0.4) is 0 Å². The van der Waals surface area contributed by atoms with Crippen LogP contribution in [0, 0.1) is 0 Å². The number of fused-ring (bicyclic) bond motifs is 1. The van der Waals surface area contributed by atoms with E-state index in [0.29, 0.717) is 31.2 Å². The van der Waals surface area contributed by atoms with Gasteiger partial charge in [0.15, 0.2) is 0 Å². The Morgan fingerprint density at radius 2 is 2.00 bits per heavy atom. The molecule has 3 aromatic rings. The van der Waals surface area contributed by atoms with Crippen molar-refractivity contribution in [2.24, 2.45) is 0 Å². The number of carbonyl (C=O) groups is 2. The number of nitrogens with one attached hydrogen (secondary N) is 1. The molecule has 1 aliphatic heterocycles. The largest absolute Gasteiger partial charge is 0.417 e. The van der Waals surface area contributed by atoms with Gasteiger partial charge in [0.25, 0.3) is 5.91 Å². The molecule has 0 saturated heterocycles. The SMILES string of the molecule is CN1C(=O)[C@@H](NC(=O)c2nnc(Cc3ccccc3)o2)CCn2nc(C3CC3)cc21. The second-order valence-electron chi connectivity index (χ2n) is 7.80. The zero-order chi connectivity index (χ0) is 20.7. The van der Waals surface area contributed by atoms with Crippen LogP contribution in [0.2, 0.25) is 0 Å². The standard InChI is InChI=1S/C21H22N6O3/c1-26-18-12-16(14-7-8-14)25-27(18)10-9-15(21(26)29)22-19(28)20-24-23-17(30-20)11-13-5-3-2-4-6-13/h2-6,12,14-15H,7-11H2,1H3,(H,22,28)/t15-/m0/s1. The molecule has 30 heavy (non-hydrogen) atoms. The summed E-state index contributed by atoms with van der Waals surface area (Å²) in [5.74, 6) is 0.755. The maximum absolute atomic E-state index is 12.9. The van der Waals surface area contributed by atoms with Crippen molar-refractivity contribution in [1.29, 1.82) is 0 Å². The molecular weight excluding hydrogens is 384 g/mol. The first-order valence-electron chi connectivity index (χ1n) is 10.1. The van der Waals surface area contributed by atoms with Gasteiger partial charge in [-0.2, -0.15) is 5.10 Å². The number of rotatable bonds is 5. The molecule has 0 spiro atoms. The van der Waals surface area contributed by atoms with Gasteiger partial charge in [-0.1, -0.05) is 30.3 Å². The van der Waals surface area contributed by atoms with E-state index in [2.05, 4.69) is 20.6 Å². The number of anilines is 1. The lowest BCUT2D eigenvalue weighted by atomic mass is 10.1. The van der Waals surface area contributed by atoms with E-state index in [0.717, 1.165) is 29.9 Å². The number of nitrogens with zero attached hydrogens (tertiary/aromatic N) is 5. The van der Waals surface area contributed by atoms with E-state index < -0.39 is 11.9 Å². The fraction of sp³-hybridized carbons (Fsp3) is 0.381. The monoisotopic (exact) mass is 406 g/mol. The average molecular weight is 406 g/mol. The molecule has 0 radical (unpaired) electrons. The van der Waals surface area contributed by atoms with E-state index in [-0.39, 0.29) is 11.8 Å². The highest BCUT2D eigenvalue weighted by molar-refractivity contribution is 6.00. The van der Waals surface area contributed by atoms with Crippen molar-refractivity contribution < 1.29 is 14.0 Å². The van der Waals surface area contributed by atoms with Crippen LogP contribution in [0.1, 0.15) is 53.0 Å². The van der Waals surface area contributed by atoms with Gasteiger partial charge in [0, 0.05) is 25.6 Å². The number of benzene rings is 1. The molecule has 0 unspecified atom stereocenters. The molecule has 5 rings (SSSR count). The Hall–Kier alpha value is -3.49. The Morgan fingerprint density at radius 1 is 1.20 bits per heavy atom. The first-order valence-corrected chi connectivity index (χ1v) is 10.1. The van der Waals surface area contributed by atoms with Gasteiger partial charge >= 0.3 is 11.8 Å². The molecule has 1 fully saturated rings.